The van der Waals surface area contributed by atoms with Crippen molar-refractivity contribution in [2.75, 3.05) is 44.6 Å². The number of anilines is 1. The molecule has 3 rings (SSSR count). The number of amides is 2. The number of hydrogen-bond acceptors (Lipinski definition) is 7. The van der Waals surface area contributed by atoms with Crippen molar-refractivity contribution in [1.82, 2.24) is 15.1 Å². The molecule has 1 atom stereocenters. The van der Waals surface area contributed by atoms with E-state index in [1.807, 2.05) is 6.92 Å². The molecule has 0 bridgehead atoms. The lowest BCUT2D eigenvalue weighted by Crippen LogP contribution is -2.53. The summed E-state index contributed by atoms with van der Waals surface area (Å²) in [6.45, 7) is 6.11. The van der Waals surface area contributed by atoms with Gasteiger partial charge in [-0.05, 0) is 43.3 Å². The lowest BCUT2D eigenvalue weighted by molar-refractivity contribution is -0.121. The molecule has 2 aromatic rings. The predicted octanol–water partition coefficient (Wildman–Crippen LogP) is 0.302. The van der Waals surface area contributed by atoms with Crippen molar-refractivity contribution in [1.29, 1.82) is 0 Å². The molecule has 168 valence electrons. The van der Waals surface area contributed by atoms with Gasteiger partial charge in [0.25, 0.3) is 5.91 Å². The molecule has 1 aromatic carbocycles. The number of piperazine rings is 1. The molecular formula is C20H27N5O5S. The monoisotopic (exact) mass is 449 g/mol. The Morgan fingerprint density at radius 3 is 2.39 bits per heavy atom. The molecule has 1 aliphatic rings. The van der Waals surface area contributed by atoms with E-state index in [2.05, 4.69) is 20.4 Å². The maximum Gasteiger partial charge on any atom is 0.287 e. The molecule has 1 aliphatic heterocycles. The van der Waals surface area contributed by atoms with Crippen LogP contribution < -0.4 is 15.8 Å². The van der Waals surface area contributed by atoms with Gasteiger partial charge < -0.3 is 15.1 Å². The largest absolute Gasteiger partial charge is 0.459 e. The van der Waals surface area contributed by atoms with E-state index in [0.717, 1.165) is 32.7 Å². The van der Waals surface area contributed by atoms with E-state index in [9.17, 15) is 18.0 Å². The number of furan rings is 1. The smallest absolute Gasteiger partial charge is 0.287 e. The normalized spacial score (nSPS) is 16.6. The Balaban J connectivity index is 1.40. The average molecular weight is 450 g/mol. The molecule has 10 nitrogen and oxygen atoms in total. The van der Waals surface area contributed by atoms with Crippen LogP contribution in [0, 0.1) is 0 Å². The van der Waals surface area contributed by atoms with Gasteiger partial charge in [0.15, 0.2) is 5.76 Å². The van der Waals surface area contributed by atoms with Gasteiger partial charge in [0, 0.05) is 45.0 Å². The van der Waals surface area contributed by atoms with Crippen molar-refractivity contribution in [3.63, 3.8) is 0 Å². The molecule has 0 radical (unpaired) electrons. The minimum absolute atomic E-state index is 0.00461. The quantitative estimate of drug-likeness (QED) is 0.527. The topological polar surface area (TPSA) is 138 Å². The van der Waals surface area contributed by atoms with E-state index in [4.69, 9.17) is 9.56 Å². The van der Waals surface area contributed by atoms with Crippen LogP contribution >= 0.6 is 0 Å². The first-order valence-corrected chi connectivity index (χ1v) is 11.5. The third-order valence-corrected chi connectivity index (χ3v) is 6.17. The number of benzene rings is 1. The van der Waals surface area contributed by atoms with Crippen molar-refractivity contribution in [2.24, 2.45) is 5.14 Å². The fourth-order valence-electron chi connectivity index (χ4n) is 3.34. The van der Waals surface area contributed by atoms with Crippen LogP contribution in [0.4, 0.5) is 5.69 Å². The minimum Gasteiger partial charge on any atom is -0.459 e. The molecule has 1 saturated heterocycles. The van der Waals surface area contributed by atoms with Crippen LogP contribution in [-0.2, 0) is 14.8 Å². The molecule has 0 aliphatic carbocycles. The van der Waals surface area contributed by atoms with E-state index in [1.165, 1.54) is 30.5 Å². The van der Waals surface area contributed by atoms with Crippen LogP contribution in [0.1, 0.15) is 17.5 Å². The minimum atomic E-state index is -3.76. The van der Waals surface area contributed by atoms with Gasteiger partial charge in [-0.25, -0.2) is 13.6 Å². The Morgan fingerprint density at radius 1 is 1.13 bits per heavy atom. The molecule has 31 heavy (non-hydrogen) atoms. The lowest BCUT2D eigenvalue weighted by atomic mass is 10.2. The first-order valence-electron chi connectivity index (χ1n) is 9.96. The van der Waals surface area contributed by atoms with E-state index >= 15 is 0 Å². The molecule has 11 heteroatoms. The Kier molecular flexibility index (Phi) is 7.44. The van der Waals surface area contributed by atoms with E-state index in [0.29, 0.717) is 18.0 Å². The fraction of sp³-hybridized carbons (Fsp3) is 0.400. The van der Waals surface area contributed by atoms with E-state index < -0.39 is 10.0 Å². The van der Waals surface area contributed by atoms with Gasteiger partial charge in [0.1, 0.15) is 0 Å². The second-order valence-electron chi connectivity index (χ2n) is 7.35. The van der Waals surface area contributed by atoms with Crippen molar-refractivity contribution in [3.05, 3.63) is 48.4 Å². The second kappa shape index (κ2) is 10.1. The van der Waals surface area contributed by atoms with Crippen molar-refractivity contribution >= 4 is 27.5 Å². The molecule has 1 unspecified atom stereocenters. The number of rotatable bonds is 8. The molecule has 2 heterocycles. The summed E-state index contributed by atoms with van der Waals surface area (Å²) in [4.78, 5) is 28.8. The predicted molar refractivity (Wildman–Crippen MR) is 115 cm³/mol. The summed E-state index contributed by atoms with van der Waals surface area (Å²) in [6, 6.07) is 8.70. The van der Waals surface area contributed by atoms with Gasteiger partial charge in [-0.3, -0.25) is 19.4 Å². The van der Waals surface area contributed by atoms with E-state index in [-0.39, 0.29) is 22.8 Å². The maximum atomic E-state index is 12.6. The summed E-state index contributed by atoms with van der Waals surface area (Å²) < 4.78 is 27.7. The van der Waals surface area contributed by atoms with Crippen molar-refractivity contribution < 1.29 is 22.4 Å². The highest BCUT2D eigenvalue weighted by atomic mass is 32.2. The van der Waals surface area contributed by atoms with Crippen LogP contribution in [0.5, 0.6) is 0 Å². The van der Waals surface area contributed by atoms with E-state index in [1.54, 1.807) is 12.1 Å². The van der Waals surface area contributed by atoms with Gasteiger partial charge in [-0.1, -0.05) is 0 Å². The summed E-state index contributed by atoms with van der Waals surface area (Å²) in [5.74, 6) is -0.0995. The zero-order valence-electron chi connectivity index (χ0n) is 17.3. The number of carbonyl (C=O) groups excluding carboxylic acids is 2. The Hall–Kier alpha value is -2.73. The highest BCUT2D eigenvalue weighted by molar-refractivity contribution is 7.89. The lowest BCUT2D eigenvalue weighted by Gasteiger charge is -2.37. The third kappa shape index (κ3) is 6.37. The zero-order chi connectivity index (χ0) is 22.4. The van der Waals surface area contributed by atoms with Gasteiger partial charge in [-0.2, -0.15) is 0 Å². The van der Waals surface area contributed by atoms with Gasteiger partial charge in [0.05, 0.1) is 17.2 Å². The van der Waals surface area contributed by atoms with Crippen LogP contribution in [0.15, 0.2) is 52.0 Å². The van der Waals surface area contributed by atoms with Crippen LogP contribution in [-0.4, -0.2) is 75.3 Å². The Bertz CT molecular complexity index is 983. The maximum absolute atomic E-state index is 12.6. The molecule has 4 N–H and O–H groups in total. The number of hydrogen-bond donors (Lipinski definition) is 3. The molecule has 0 spiro atoms. The number of nitrogens with two attached hydrogens (primary N) is 1. The number of carbonyl (C=O) groups is 2. The van der Waals surface area contributed by atoms with Gasteiger partial charge in [-0.15, -0.1) is 0 Å². The highest BCUT2D eigenvalue weighted by Crippen LogP contribution is 2.14. The Morgan fingerprint density at radius 2 is 1.81 bits per heavy atom. The summed E-state index contributed by atoms with van der Waals surface area (Å²) in [6.07, 6.45) is 1.46. The molecule has 1 aromatic heterocycles. The molecule has 0 saturated carbocycles. The summed E-state index contributed by atoms with van der Waals surface area (Å²) in [5.41, 5.74) is 0.509. The molecule has 2 amide bonds. The van der Waals surface area contributed by atoms with Gasteiger partial charge in [0.2, 0.25) is 15.9 Å². The average Bonchev–Trinajstić information content (AvgIpc) is 3.28. The summed E-state index contributed by atoms with van der Waals surface area (Å²) in [7, 11) is -3.76. The first-order chi connectivity index (χ1) is 14.7. The first kappa shape index (κ1) is 22.9. The summed E-state index contributed by atoms with van der Waals surface area (Å²) in [5, 5.41) is 10.7. The highest BCUT2D eigenvalue weighted by Gasteiger charge is 2.25. The molecular weight excluding hydrogens is 422 g/mol. The molecule has 1 fully saturated rings. The zero-order valence-corrected chi connectivity index (χ0v) is 18.1. The number of nitrogens with one attached hydrogen (secondary N) is 2. The van der Waals surface area contributed by atoms with Gasteiger partial charge >= 0.3 is 0 Å². The number of nitrogens with zero attached hydrogens (tertiary/aromatic N) is 2. The third-order valence-electron chi connectivity index (χ3n) is 5.24. The Labute approximate surface area is 181 Å². The SMILES string of the molecule is CC(C(=O)Nc1ccc(S(N)(=O)=O)cc1)N1CCN(CCNC(=O)c2ccco2)CC1. The standard InChI is InChI=1S/C20H27N5O5S/c1-15(19(26)23-16-4-6-17(7-5-16)31(21,28)29)25-12-10-24(11-13-25)9-8-22-20(27)18-3-2-14-30-18/h2-7,14-15H,8-13H2,1H3,(H,22,27)(H,23,26)(H2,21,28,29). The van der Waals surface area contributed by atoms with Crippen LogP contribution in [0.3, 0.4) is 0 Å². The summed E-state index contributed by atoms with van der Waals surface area (Å²) >= 11 is 0. The van der Waals surface area contributed by atoms with Crippen molar-refractivity contribution in [2.45, 2.75) is 17.9 Å². The van der Waals surface area contributed by atoms with Crippen LogP contribution in [0.25, 0.3) is 0 Å². The number of sulfonamides is 1. The second-order valence-corrected chi connectivity index (χ2v) is 8.91. The number of primary sulfonamides is 1. The van der Waals surface area contributed by atoms with Crippen LogP contribution in [0.2, 0.25) is 0 Å². The van der Waals surface area contributed by atoms with Crippen molar-refractivity contribution in [3.8, 4) is 0 Å². The fourth-order valence-corrected chi connectivity index (χ4v) is 3.85.